The summed E-state index contributed by atoms with van der Waals surface area (Å²) in [5.74, 6) is 1.04. The molecule has 0 aromatic heterocycles. The molecule has 1 unspecified atom stereocenters. The van der Waals surface area contributed by atoms with Crippen LogP contribution in [-0.4, -0.2) is 73.0 Å². The fourth-order valence-corrected chi connectivity index (χ4v) is 4.95. The van der Waals surface area contributed by atoms with Gasteiger partial charge in [0.25, 0.3) is 0 Å². The van der Waals surface area contributed by atoms with Gasteiger partial charge in [-0.15, -0.1) is 0 Å². The minimum atomic E-state index is -0.0785. The second-order valence-corrected chi connectivity index (χ2v) is 8.22. The molecule has 0 aliphatic carbocycles. The van der Waals surface area contributed by atoms with Crippen LogP contribution in [0.3, 0.4) is 0 Å². The monoisotopic (exact) mass is 282 g/mol. The van der Waals surface area contributed by atoms with Crippen LogP contribution in [-0.2, 0) is 0 Å². The fourth-order valence-electron chi connectivity index (χ4n) is 4.95. The van der Waals surface area contributed by atoms with Gasteiger partial charge < -0.3 is 14.1 Å². The Labute approximate surface area is 124 Å². The predicted molar refractivity (Wildman–Crippen MR) is 82.3 cm³/mol. The number of likely N-dealkylation sites (N-methyl/N-ethyl adjacent to an activating group) is 1. The zero-order valence-corrected chi connectivity index (χ0v) is 13.4. The normalized spacial score (nSPS) is 37.8. The van der Waals surface area contributed by atoms with E-state index in [0.717, 1.165) is 23.4 Å². The first kappa shape index (κ1) is 14.8. The number of hydrogen-bond acceptors (Lipinski definition) is 1. The van der Waals surface area contributed by atoms with E-state index < -0.39 is 0 Å². The Morgan fingerprint density at radius 1 is 0.950 bits per heavy atom. The van der Waals surface area contributed by atoms with Crippen molar-refractivity contribution in [3.05, 3.63) is 0 Å². The maximum absolute atomic E-state index is 10.5. The highest BCUT2D eigenvalue weighted by atomic mass is 16.3. The number of quaternary nitrogens is 2. The molecule has 0 saturated carbocycles. The van der Waals surface area contributed by atoms with Crippen LogP contribution >= 0.6 is 0 Å². The van der Waals surface area contributed by atoms with Crippen LogP contribution in [0.25, 0.3) is 0 Å². The summed E-state index contributed by atoms with van der Waals surface area (Å²) >= 11 is 0. The number of likely N-dealkylation sites (tertiary alicyclic amines) is 1. The standard InChI is InChI=1S/C17H34N2O/c1-18(9-3-2-4-10-18)15-17(20)8-14-19-11-5-16(6-12-19)7-13-19/h16-17,20H,2-15H2,1H3/q+2. The summed E-state index contributed by atoms with van der Waals surface area (Å²) < 4.78 is 2.44. The SMILES string of the molecule is C[N+]1(CC(O)CC[N+]23CCC(CC2)CC3)CCCCC1. The lowest BCUT2D eigenvalue weighted by Crippen LogP contribution is -2.59. The van der Waals surface area contributed by atoms with E-state index in [4.69, 9.17) is 0 Å². The predicted octanol–water partition coefficient (Wildman–Crippen LogP) is 2.00. The maximum atomic E-state index is 10.5. The molecule has 4 rings (SSSR count). The minimum Gasteiger partial charge on any atom is -0.387 e. The number of rotatable bonds is 5. The maximum Gasteiger partial charge on any atom is 0.108 e. The quantitative estimate of drug-likeness (QED) is 0.765. The molecular formula is C17H34N2O+2. The van der Waals surface area contributed by atoms with Crippen molar-refractivity contribution in [2.24, 2.45) is 5.92 Å². The van der Waals surface area contributed by atoms with Crippen LogP contribution < -0.4 is 0 Å². The van der Waals surface area contributed by atoms with Crippen molar-refractivity contribution in [3.63, 3.8) is 0 Å². The van der Waals surface area contributed by atoms with E-state index in [-0.39, 0.29) is 6.10 Å². The summed E-state index contributed by atoms with van der Waals surface area (Å²) in [5.41, 5.74) is 0. The Bertz CT molecular complexity index is 303. The average Bonchev–Trinajstić information content (AvgIpc) is 2.48. The van der Waals surface area contributed by atoms with Gasteiger partial charge in [-0.25, -0.2) is 0 Å². The van der Waals surface area contributed by atoms with Gasteiger partial charge in [-0.1, -0.05) is 0 Å². The largest absolute Gasteiger partial charge is 0.387 e. The van der Waals surface area contributed by atoms with Gasteiger partial charge in [0.2, 0.25) is 0 Å². The molecule has 20 heavy (non-hydrogen) atoms. The summed E-state index contributed by atoms with van der Waals surface area (Å²) in [4.78, 5) is 0. The van der Waals surface area contributed by atoms with Crippen molar-refractivity contribution in [1.29, 1.82) is 0 Å². The summed E-state index contributed by atoms with van der Waals surface area (Å²) in [6.07, 6.45) is 9.39. The lowest BCUT2D eigenvalue weighted by Gasteiger charge is -2.49. The van der Waals surface area contributed by atoms with Crippen molar-refractivity contribution < 1.29 is 14.1 Å². The number of hydrogen-bond donors (Lipinski definition) is 1. The van der Waals surface area contributed by atoms with Gasteiger partial charge in [-0.3, -0.25) is 0 Å². The number of fused-ring (bicyclic) bond motifs is 3. The molecule has 2 bridgehead atoms. The number of piperidine rings is 4. The van der Waals surface area contributed by atoms with Gasteiger partial charge in [-0.05, 0) is 44.4 Å². The highest BCUT2D eigenvalue weighted by molar-refractivity contribution is 4.72. The molecule has 4 saturated heterocycles. The van der Waals surface area contributed by atoms with E-state index in [9.17, 15) is 5.11 Å². The van der Waals surface area contributed by atoms with E-state index in [2.05, 4.69) is 7.05 Å². The molecule has 4 fully saturated rings. The molecular weight excluding hydrogens is 248 g/mol. The van der Waals surface area contributed by atoms with Gasteiger partial charge in [-0.2, -0.15) is 0 Å². The van der Waals surface area contributed by atoms with Crippen LogP contribution in [0.4, 0.5) is 0 Å². The van der Waals surface area contributed by atoms with Crippen molar-refractivity contribution in [2.75, 3.05) is 52.9 Å². The number of aliphatic hydroxyl groups is 1. The lowest BCUT2D eigenvalue weighted by atomic mass is 9.85. The molecule has 4 aliphatic heterocycles. The lowest BCUT2D eigenvalue weighted by molar-refractivity contribution is -0.944. The summed E-state index contributed by atoms with van der Waals surface area (Å²) in [7, 11) is 2.35. The topological polar surface area (TPSA) is 20.2 Å². The van der Waals surface area contributed by atoms with Gasteiger partial charge in [0.15, 0.2) is 0 Å². The second-order valence-electron chi connectivity index (χ2n) is 8.22. The Hall–Kier alpha value is -0.120. The molecule has 3 nitrogen and oxygen atoms in total. The van der Waals surface area contributed by atoms with Crippen LogP contribution in [0.5, 0.6) is 0 Å². The molecule has 4 heterocycles. The van der Waals surface area contributed by atoms with E-state index in [1.165, 1.54) is 82.3 Å². The van der Waals surface area contributed by atoms with E-state index >= 15 is 0 Å². The average molecular weight is 282 g/mol. The molecule has 3 heteroatoms. The Kier molecular flexibility index (Phi) is 4.40. The molecule has 0 aromatic carbocycles. The smallest absolute Gasteiger partial charge is 0.108 e. The van der Waals surface area contributed by atoms with Crippen LogP contribution in [0.15, 0.2) is 0 Å². The van der Waals surface area contributed by atoms with Crippen LogP contribution in [0, 0.1) is 5.92 Å². The van der Waals surface area contributed by atoms with E-state index in [1.807, 2.05) is 0 Å². The molecule has 0 radical (unpaired) electrons. The number of aliphatic hydroxyl groups excluding tert-OH is 1. The molecule has 1 atom stereocenters. The van der Waals surface area contributed by atoms with Crippen molar-refractivity contribution in [2.45, 2.75) is 51.0 Å². The van der Waals surface area contributed by atoms with Gasteiger partial charge >= 0.3 is 0 Å². The molecule has 0 spiro atoms. The third kappa shape index (κ3) is 3.37. The van der Waals surface area contributed by atoms with E-state index in [0.29, 0.717) is 0 Å². The van der Waals surface area contributed by atoms with Crippen molar-refractivity contribution in [1.82, 2.24) is 0 Å². The molecule has 4 aliphatic rings. The first-order valence-electron chi connectivity index (χ1n) is 8.96. The third-order valence-electron chi connectivity index (χ3n) is 6.52. The molecule has 116 valence electrons. The zero-order valence-electron chi connectivity index (χ0n) is 13.4. The van der Waals surface area contributed by atoms with Gasteiger partial charge in [0.1, 0.15) is 12.6 Å². The number of nitrogens with zero attached hydrogens (tertiary/aromatic N) is 2. The zero-order chi connectivity index (χ0) is 14.1. The summed E-state index contributed by atoms with van der Waals surface area (Å²) in [5, 5.41) is 10.5. The summed E-state index contributed by atoms with van der Waals surface area (Å²) in [6, 6.07) is 0. The first-order valence-corrected chi connectivity index (χ1v) is 8.96. The molecule has 1 N–H and O–H groups in total. The van der Waals surface area contributed by atoms with Gasteiger partial charge in [0, 0.05) is 6.42 Å². The van der Waals surface area contributed by atoms with Crippen LogP contribution in [0.1, 0.15) is 44.9 Å². The first-order chi connectivity index (χ1) is 9.59. The third-order valence-corrected chi connectivity index (χ3v) is 6.52. The highest BCUT2D eigenvalue weighted by Crippen LogP contribution is 2.33. The molecule has 0 aromatic rings. The minimum absolute atomic E-state index is 0.0785. The fraction of sp³-hybridized carbons (Fsp3) is 1.00. The summed E-state index contributed by atoms with van der Waals surface area (Å²) in [6.45, 7) is 8.95. The van der Waals surface area contributed by atoms with Crippen molar-refractivity contribution >= 4 is 0 Å². The highest BCUT2D eigenvalue weighted by Gasteiger charge is 2.40. The van der Waals surface area contributed by atoms with Crippen LogP contribution in [0.2, 0.25) is 0 Å². The second kappa shape index (κ2) is 5.94. The Morgan fingerprint density at radius 2 is 1.55 bits per heavy atom. The van der Waals surface area contributed by atoms with E-state index in [1.54, 1.807) is 0 Å². The molecule has 0 amide bonds. The van der Waals surface area contributed by atoms with Crippen molar-refractivity contribution in [3.8, 4) is 0 Å². The Balaban J connectivity index is 1.45. The Morgan fingerprint density at radius 3 is 2.15 bits per heavy atom. The van der Waals surface area contributed by atoms with Gasteiger partial charge in [0.05, 0.1) is 46.3 Å².